The van der Waals surface area contributed by atoms with E-state index < -0.39 is 0 Å². The minimum Gasteiger partial charge on any atom is -0.378 e. The lowest BCUT2D eigenvalue weighted by atomic mass is 10.2. The predicted octanol–water partition coefficient (Wildman–Crippen LogP) is 0.550. The maximum atomic E-state index is 12.1. The number of hydrogen-bond donors (Lipinski definition) is 2. The maximum absolute atomic E-state index is 12.1. The molecule has 1 fully saturated rings. The van der Waals surface area contributed by atoms with Gasteiger partial charge in [0.05, 0.1) is 25.0 Å². The molecule has 8 nitrogen and oxygen atoms in total. The van der Waals surface area contributed by atoms with Crippen molar-refractivity contribution < 1.29 is 9.53 Å². The van der Waals surface area contributed by atoms with Crippen LogP contribution in [0.4, 0.5) is 11.6 Å². The number of carbonyl (C=O) groups excluding carboxylic acids is 1. The van der Waals surface area contributed by atoms with Crippen LogP contribution < -0.4 is 15.5 Å². The zero-order chi connectivity index (χ0) is 16.6. The van der Waals surface area contributed by atoms with E-state index in [4.69, 9.17) is 4.74 Å². The van der Waals surface area contributed by atoms with Gasteiger partial charge in [0, 0.05) is 44.8 Å². The van der Waals surface area contributed by atoms with Crippen LogP contribution in [0.5, 0.6) is 0 Å². The lowest BCUT2D eigenvalue weighted by molar-refractivity contribution is 0.0954. The summed E-state index contributed by atoms with van der Waals surface area (Å²) in [6.45, 7) is 4.13. The Balaban J connectivity index is 1.44. The Bertz CT molecular complexity index is 643. The third-order valence-electron chi connectivity index (χ3n) is 3.62. The maximum Gasteiger partial charge on any atom is 0.252 e. The van der Waals surface area contributed by atoms with Gasteiger partial charge in [-0.05, 0) is 12.1 Å². The van der Waals surface area contributed by atoms with Crippen molar-refractivity contribution in [1.29, 1.82) is 0 Å². The highest BCUT2D eigenvalue weighted by atomic mass is 16.5. The van der Waals surface area contributed by atoms with Crippen molar-refractivity contribution in [3.8, 4) is 0 Å². The second kappa shape index (κ2) is 8.21. The van der Waals surface area contributed by atoms with Crippen LogP contribution >= 0.6 is 0 Å². The van der Waals surface area contributed by atoms with Gasteiger partial charge in [-0.15, -0.1) is 0 Å². The molecule has 24 heavy (non-hydrogen) atoms. The number of rotatable bonds is 6. The van der Waals surface area contributed by atoms with E-state index in [1.54, 1.807) is 30.9 Å². The van der Waals surface area contributed by atoms with E-state index in [0.29, 0.717) is 37.7 Å². The standard InChI is InChI=1S/C16H20N6O2/c23-16(20-6-5-19-14-12-17-3-4-18-14)13-1-2-15(21-11-13)22-7-9-24-10-8-22/h1-4,11-12H,5-10H2,(H,18,19)(H,20,23). The summed E-state index contributed by atoms with van der Waals surface area (Å²) in [4.78, 5) is 26.7. The minimum atomic E-state index is -0.142. The third-order valence-corrected chi connectivity index (χ3v) is 3.62. The lowest BCUT2D eigenvalue weighted by Crippen LogP contribution is -2.36. The quantitative estimate of drug-likeness (QED) is 0.748. The molecule has 3 heterocycles. The highest BCUT2D eigenvalue weighted by Crippen LogP contribution is 2.12. The van der Waals surface area contributed by atoms with Crippen LogP contribution in [0.1, 0.15) is 10.4 Å². The minimum absolute atomic E-state index is 0.142. The van der Waals surface area contributed by atoms with E-state index in [1.165, 1.54) is 0 Å². The smallest absolute Gasteiger partial charge is 0.252 e. The first-order valence-corrected chi connectivity index (χ1v) is 7.90. The summed E-state index contributed by atoms with van der Waals surface area (Å²) in [7, 11) is 0. The normalized spacial score (nSPS) is 14.2. The van der Waals surface area contributed by atoms with Gasteiger partial charge in [-0.25, -0.2) is 9.97 Å². The zero-order valence-corrected chi connectivity index (χ0v) is 13.3. The highest BCUT2D eigenvalue weighted by Gasteiger charge is 2.13. The summed E-state index contributed by atoms with van der Waals surface area (Å²) >= 11 is 0. The number of hydrogen-bond acceptors (Lipinski definition) is 7. The van der Waals surface area contributed by atoms with E-state index in [-0.39, 0.29) is 5.91 Å². The summed E-state index contributed by atoms with van der Waals surface area (Å²) in [6, 6.07) is 3.67. The second-order valence-electron chi connectivity index (χ2n) is 5.28. The van der Waals surface area contributed by atoms with Gasteiger partial charge >= 0.3 is 0 Å². The van der Waals surface area contributed by atoms with Crippen molar-refractivity contribution in [1.82, 2.24) is 20.3 Å². The molecule has 1 amide bonds. The van der Waals surface area contributed by atoms with Gasteiger partial charge in [0.25, 0.3) is 5.91 Å². The monoisotopic (exact) mass is 328 g/mol. The highest BCUT2D eigenvalue weighted by molar-refractivity contribution is 5.94. The number of nitrogens with one attached hydrogen (secondary N) is 2. The van der Waals surface area contributed by atoms with Gasteiger partial charge in [0.2, 0.25) is 0 Å². The molecular weight excluding hydrogens is 308 g/mol. The Hall–Kier alpha value is -2.74. The Morgan fingerprint density at radius 1 is 1.12 bits per heavy atom. The number of anilines is 2. The van der Waals surface area contributed by atoms with Gasteiger partial charge in [-0.2, -0.15) is 0 Å². The molecule has 0 radical (unpaired) electrons. The molecule has 1 aliphatic rings. The first-order valence-electron chi connectivity index (χ1n) is 7.90. The topological polar surface area (TPSA) is 92.3 Å². The van der Waals surface area contributed by atoms with Gasteiger partial charge in [0.15, 0.2) is 0 Å². The second-order valence-corrected chi connectivity index (χ2v) is 5.28. The number of aromatic nitrogens is 3. The number of amides is 1. The Morgan fingerprint density at radius 2 is 2.00 bits per heavy atom. The largest absolute Gasteiger partial charge is 0.378 e. The summed E-state index contributed by atoms with van der Waals surface area (Å²) in [5, 5.41) is 5.93. The predicted molar refractivity (Wildman–Crippen MR) is 90.1 cm³/mol. The number of pyridine rings is 1. The molecular formula is C16H20N6O2. The molecule has 0 atom stereocenters. The lowest BCUT2D eigenvalue weighted by Gasteiger charge is -2.27. The number of nitrogens with zero attached hydrogens (tertiary/aromatic N) is 4. The average molecular weight is 328 g/mol. The van der Waals surface area contributed by atoms with Crippen molar-refractivity contribution in [3.63, 3.8) is 0 Å². The fourth-order valence-corrected chi connectivity index (χ4v) is 2.36. The average Bonchev–Trinajstić information content (AvgIpc) is 2.67. The molecule has 0 aromatic carbocycles. The molecule has 0 spiro atoms. The zero-order valence-electron chi connectivity index (χ0n) is 13.3. The van der Waals surface area contributed by atoms with Gasteiger partial charge in [-0.3, -0.25) is 9.78 Å². The molecule has 0 bridgehead atoms. The molecule has 3 rings (SSSR count). The first kappa shape index (κ1) is 16.1. The van der Waals surface area contributed by atoms with Gasteiger partial charge < -0.3 is 20.3 Å². The summed E-state index contributed by atoms with van der Waals surface area (Å²) < 4.78 is 5.32. The van der Waals surface area contributed by atoms with Crippen molar-refractivity contribution in [3.05, 3.63) is 42.5 Å². The van der Waals surface area contributed by atoms with Gasteiger partial charge in [-0.1, -0.05) is 0 Å². The molecule has 0 aliphatic carbocycles. The number of carbonyl (C=O) groups is 1. The Kier molecular flexibility index (Phi) is 5.52. The third kappa shape index (κ3) is 4.39. The summed E-state index contributed by atoms with van der Waals surface area (Å²) in [5.41, 5.74) is 0.548. The molecule has 126 valence electrons. The summed E-state index contributed by atoms with van der Waals surface area (Å²) in [5.74, 6) is 1.42. The molecule has 0 saturated carbocycles. The van der Waals surface area contributed by atoms with Crippen molar-refractivity contribution in [2.45, 2.75) is 0 Å². The van der Waals surface area contributed by atoms with Crippen LogP contribution in [0.2, 0.25) is 0 Å². The Morgan fingerprint density at radius 3 is 2.71 bits per heavy atom. The van der Waals surface area contributed by atoms with Crippen LogP contribution in [-0.2, 0) is 4.74 Å². The van der Waals surface area contributed by atoms with E-state index in [2.05, 4.69) is 30.5 Å². The number of morpholine rings is 1. The van der Waals surface area contributed by atoms with E-state index in [0.717, 1.165) is 18.9 Å². The van der Waals surface area contributed by atoms with Crippen LogP contribution in [0.25, 0.3) is 0 Å². The van der Waals surface area contributed by atoms with Crippen molar-refractivity contribution in [2.75, 3.05) is 49.6 Å². The molecule has 2 N–H and O–H groups in total. The van der Waals surface area contributed by atoms with Crippen LogP contribution in [0, 0.1) is 0 Å². The molecule has 0 unspecified atom stereocenters. The fraction of sp³-hybridized carbons (Fsp3) is 0.375. The van der Waals surface area contributed by atoms with Crippen molar-refractivity contribution in [2.24, 2.45) is 0 Å². The fourth-order valence-electron chi connectivity index (χ4n) is 2.36. The van der Waals surface area contributed by atoms with Gasteiger partial charge in [0.1, 0.15) is 11.6 Å². The summed E-state index contributed by atoms with van der Waals surface area (Å²) in [6.07, 6.45) is 6.47. The molecule has 2 aromatic heterocycles. The van der Waals surface area contributed by atoms with Crippen molar-refractivity contribution >= 4 is 17.5 Å². The van der Waals surface area contributed by atoms with E-state index in [9.17, 15) is 4.79 Å². The molecule has 2 aromatic rings. The SMILES string of the molecule is O=C(NCCNc1cnccn1)c1ccc(N2CCOCC2)nc1. The molecule has 1 saturated heterocycles. The van der Waals surface area contributed by atoms with Crippen LogP contribution in [-0.4, -0.2) is 60.3 Å². The number of ether oxygens (including phenoxy) is 1. The van der Waals surface area contributed by atoms with E-state index >= 15 is 0 Å². The van der Waals surface area contributed by atoms with Crippen LogP contribution in [0.3, 0.4) is 0 Å². The Labute approximate surface area is 140 Å². The molecule has 1 aliphatic heterocycles. The van der Waals surface area contributed by atoms with E-state index in [1.807, 2.05) is 6.07 Å². The molecule has 8 heteroatoms. The first-order chi connectivity index (χ1) is 11.8. The van der Waals surface area contributed by atoms with Crippen LogP contribution in [0.15, 0.2) is 36.9 Å².